The van der Waals surface area contributed by atoms with Gasteiger partial charge in [0.15, 0.2) is 5.69 Å². The molecular weight excluding hydrogens is 258 g/mol. The van der Waals surface area contributed by atoms with E-state index in [0.717, 1.165) is 31.4 Å². The molecule has 0 atom stereocenters. The van der Waals surface area contributed by atoms with Crippen molar-refractivity contribution in [2.24, 2.45) is 7.05 Å². The summed E-state index contributed by atoms with van der Waals surface area (Å²) in [4.78, 5) is 11.9. The number of hydrogen-bond donors (Lipinski definition) is 1. The van der Waals surface area contributed by atoms with Gasteiger partial charge in [0.1, 0.15) is 0 Å². The van der Waals surface area contributed by atoms with E-state index in [-0.39, 0.29) is 0 Å². The second-order valence-corrected chi connectivity index (χ2v) is 5.20. The Kier molecular flexibility index (Phi) is 4.65. The van der Waals surface area contributed by atoms with Crippen molar-refractivity contribution in [3.05, 3.63) is 11.4 Å². The van der Waals surface area contributed by atoms with Crippen LogP contribution in [0.1, 0.15) is 54.7 Å². The summed E-state index contributed by atoms with van der Waals surface area (Å²) in [5.41, 5.74) is 7.76. The maximum atomic E-state index is 11.9. The van der Waals surface area contributed by atoms with Gasteiger partial charge in [0.05, 0.1) is 24.1 Å². The van der Waals surface area contributed by atoms with Crippen molar-refractivity contribution in [2.45, 2.75) is 44.6 Å². The molecule has 0 spiro atoms. The zero-order chi connectivity index (χ0) is 14.7. The van der Waals surface area contributed by atoms with Crippen LogP contribution in [0.5, 0.6) is 0 Å². The Bertz CT molecular complexity index is 476. The molecule has 1 heterocycles. The highest BCUT2D eigenvalue weighted by molar-refractivity contribution is 5.93. The fourth-order valence-corrected chi connectivity index (χ4v) is 2.88. The highest BCUT2D eigenvalue weighted by atomic mass is 16.5. The SMILES string of the molecule is CCOC(=O)c1c(N)c(C2CCC(OC)CC2)nn1C. The Balaban J connectivity index is 2.18. The van der Waals surface area contributed by atoms with Crippen molar-refractivity contribution in [1.82, 2.24) is 9.78 Å². The van der Waals surface area contributed by atoms with Crippen LogP contribution in [0.25, 0.3) is 0 Å². The fourth-order valence-electron chi connectivity index (χ4n) is 2.88. The highest BCUT2D eigenvalue weighted by Crippen LogP contribution is 2.36. The van der Waals surface area contributed by atoms with Gasteiger partial charge in [-0.3, -0.25) is 4.68 Å². The van der Waals surface area contributed by atoms with Gasteiger partial charge in [0, 0.05) is 20.1 Å². The van der Waals surface area contributed by atoms with Crippen molar-refractivity contribution < 1.29 is 14.3 Å². The minimum absolute atomic E-state index is 0.302. The van der Waals surface area contributed by atoms with Gasteiger partial charge < -0.3 is 15.2 Å². The fraction of sp³-hybridized carbons (Fsp3) is 0.714. The van der Waals surface area contributed by atoms with Crippen LogP contribution in [0.3, 0.4) is 0 Å². The van der Waals surface area contributed by atoms with Gasteiger partial charge in [-0.25, -0.2) is 4.79 Å². The van der Waals surface area contributed by atoms with Crippen LogP contribution in [0, 0.1) is 0 Å². The lowest BCUT2D eigenvalue weighted by Crippen LogP contribution is -2.20. The predicted molar refractivity (Wildman–Crippen MR) is 75.6 cm³/mol. The van der Waals surface area contributed by atoms with Gasteiger partial charge in [-0.15, -0.1) is 0 Å². The number of aromatic nitrogens is 2. The Morgan fingerprint density at radius 1 is 1.40 bits per heavy atom. The van der Waals surface area contributed by atoms with Crippen LogP contribution < -0.4 is 5.73 Å². The first-order valence-corrected chi connectivity index (χ1v) is 7.10. The van der Waals surface area contributed by atoms with Crippen molar-refractivity contribution in [3.8, 4) is 0 Å². The lowest BCUT2D eigenvalue weighted by molar-refractivity contribution is 0.0515. The van der Waals surface area contributed by atoms with Crippen molar-refractivity contribution in [3.63, 3.8) is 0 Å². The van der Waals surface area contributed by atoms with E-state index in [1.807, 2.05) is 0 Å². The summed E-state index contributed by atoms with van der Waals surface area (Å²) < 4.78 is 11.9. The predicted octanol–water partition coefficient (Wildman–Crippen LogP) is 1.85. The van der Waals surface area contributed by atoms with E-state index in [0.29, 0.717) is 30.0 Å². The summed E-state index contributed by atoms with van der Waals surface area (Å²) in [6, 6.07) is 0. The summed E-state index contributed by atoms with van der Waals surface area (Å²) in [5.74, 6) is -0.104. The number of ether oxygens (including phenoxy) is 2. The summed E-state index contributed by atoms with van der Waals surface area (Å²) >= 11 is 0. The summed E-state index contributed by atoms with van der Waals surface area (Å²) in [5, 5.41) is 4.44. The third-order valence-corrected chi connectivity index (χ3v) is 3.98. The average molecular weight is 281 g/mol. The van der Waals surface area contributed by atoms with E-state index in [9.17, 15) is 4.79 Å². The maximum absolute atomic E-state index is 11.9. The molecule has 0 bridgehead atoms. The second-order valence-electron chi connectivity index (χ2n) is 5.20. The molecule has 1 aliphatic rings. The molecule has 6 heteroatoms. The lowest BCUT2D eigenvalue weighted by atomic mass is 9.84. The number of carbonyl (C=O) groups excluding carboxylic acids is 1. The molecule has 1 saturated carbocycles. The first-order valence-electron chi connectivity index (χ1n) is 7.10. The van der Waals surface area contributed by atoms with Crippen molar-refractivity contribution in [2.75, 3.05) is 19.5 Å². The quantitative estimate of drug-likeness (QED) is 0.852. The average Bonchev–Trinajstić information content (AvgIpc) is 2.74. The molecular formula is C14H23N3O3. The number of rotatable bonds is 4. The number of nitrogens with zero attached hydrogens (tertiary/aromatic N) is 2. The number of carbonyl (C=O) groups is 1. The van der Waals surface area contributed by atoms with Crippen LogP contribution in [-0.2, 0) is 16.5 Å². The van der Waals surface area contributed by atoms with Crippen molar-refractivity contribution >= 4 is 11.7 Å². The van der Waals surface area contributed by atoms with Gasteiger partial charge in [-0.2, -0.15) is 5.10 Å². The van der Waals surface area contributed by atoms with Crippen LogP contribution in [0.15, 0.2) is 0 Å². The first kappa shape index (κ1) is 14.8. The molecule has 1 aliphatic carbocycles. The van der Waals surface area contributed by atoms with Crippen LogP contribution >= 0.6 is 0 Å². The van der Waals surface area contributed by atoms with Crippen LogP contribution in [0.4, 0.5) is 5.69 Å². The van der Waals surface area contributed by atoms with E-state index in [4.69, 9.17) is 15.2 Å². The van der Waals surface area contributed by atoms with Gasteiger partial charge in [-0.1, -0.05) is 0 Å². The standard InChI is InChI=1S/C14H23N3O3/c1-4-20-14(18)13-11(15)12(16-17(13)2)9-5-7-10(19-3)8-6-9/h9-10H,4-8,15H2,1-3H3. The molecule has 0 amide bonds. The molecule has 1 aromatic rings. The molecule has 1 aromatic heterocycles. The van der Waals surface area contributed by atoms with Gasteiger partial charge >= 0.3 is 5.97 Å². The van der Waals surface area contributed by atoms with E-state index < -0.39 is 5.97 Å². The van der Waals surface area contributed by atoms with Gasteiger partial charge in [-0.05, 0) is 32.6 Å². The largest absolute Gasteiger partial charge is 0.461 e. The van der Waals surface area contributed by atoms with E-state index in [1.54, 1.807) is 21.1 Å². The molecule has 0 aliphatic heterocycles. The summed E-state index contributed by atoms with van der Waals surface area (Å²) in [7, 11) is 3.48. The molecule has 2 N–H and O–H groups in total. The molecule has 6 nitrogen and oxygen atoms in total. The Labute approximate surface area is 119 Å². The Morgan fingerprint density at radius 3 is 2.60 bits per heavy atom. The Hall–Kier alpha value is -1.56. The van der Waals surface area contributed by atoms with Gasteiger partial charge in [0.25, 0.3) is 0 Å². The zero-order valence-electron chi connectivity index (χ0n) is 12.4. The highest BCUT2D eigenvalue weighted by Gasteiger charge is 2.29. The number of hydrogen-bond acceptors (Lipinski definition) is 5. The third kappa shape index (κ3) is 2.80. The molecule has 20 heavy (non-hydrogen) atoms. The zero-order valence-corrected chi connectivity index (χ0v) is 12.4. The summed E-state index contributed by atoms with van der Waals surface area (Å²) in [6.45, 7) is 2.11. The number of aryl methyl sites for hydroxylation is 1. The monoisotopic (exact) mass is 281 g/mol. The van der Waals surface area contributed by atoms with E-state index >= 15 is 0 Å². The lowest BCUT2D eigenvalue weighted by Gasteiger charge is -2.26. The van der Waals surface area contributed by atoms with Crippen LogP contribution in [0.2, 0.25) is 0 Å². The number of nitrogens with two attached hydrogens (primary N) is 1. The third-order valence-electron chi connectivity index (χ3n) is 3.98. The minimum atomic E-state index is -0.406. The molecule has 112 valence electrons. The number of methoxy groups -OCH3 is 1. The molecule has 1 fully saturated rings. The molecule has 0 unspecified atom stereocenters. The normalized spacial score (nSPS) is 22.8. The number of nitrogen functional groups attached to an aromatic ring is 1. The topological polar surface area (TPSA) is 79.4 Å². The van der Waals surface area contributed by atoms with Gasteiger partial charge in [0.2, 0.25) is 0 Å². The minimum Gasteiger partial charge on any atom is -0.461 e. The van der Waals surface area contributed by atoms with Crippen molar-refractivity contribution in [1.29, 1.82) is 0 Å². The second kappa shape index (κ2) is 6.26. The molecule has 0 aromatic carbocycles. The number of anilines is 1. The summed E-state index contributed by atoms with van der Waals surface area (Å²) in [6.07, 6.45) is 4.32. The van der Waals surface area contributed by atoms with Crippen LogP contribution in [-0.4, -0.2) is 35.6 Å². The molecule has 0 saturated heterocycles. The Morgan fingerprint density at radius 2 is 2.05 bits per heavy atom. The molecule has 0 radical (unpaired) electrons. The van der Waals surface area contributed by atoms with E-state index in [2.05, 4.69) is 5.10 Å². The number of esters is 1. The first-order chi connectivity index (χ1) is 9.58. The smallest absolute Gasteiger partial charge is 0.358 e. The van der Waals surface area contributed by atoms with E-state index in [1.165, 1.54) is 4.68 Å². The molecule has 2 rings (SSSR count). The maximum Gasteiger partial charge on any atom is 0.358 e.